The number of phenols is 1. The van der Waals surface area contributed by atoms with E-state index in [1.165, 1.54) is 4.31 Å². The fourth-order valence-electron chi connectivity index (χ4n) is 1.72. The van der Waals surface area contributed by atoms with Gasteiger partial charge in [0.2, 0.25) is 0 Å². The Labute approximate surface area is 99.1 Å². The third-order valence-electron chi connectivity index (χ3n) is 2.60. The number of phenolic OH excluding ortho intramolecular Hbond substituents is 1. The molecule has 7 heteroatoms. The standard InChI is InChI=1S/C10H13FN2O3S/c11-8-3-4-10(14)9(7-8)12-17(15,16)13-5-1-2-6-13/h3-4,7,12,14H,1-2,5-6H2. The van der Waals surface area contributed by atoms with Gasteiger partial charge in [-0.25, -0.2) is 4.39 Å². The number of hydrogen-bond acceptors (Lipinski definition) is 3. The number of aromatic hydroxyl groups is 1. The molecule has 2 rings (SSSR count). The maximum Gasteiger partial charge on any atom is 0.301 e. The number of nitrogens with one attached hydrogen (secondary N) is 1. The van der Waals surface area contributed by atoms with Gasteiger partial charge in [-0.2, -0.15) is 12.7 Å². The van der Waals surface area contributed by atoms with E-state index in [0.29, 0.717) is 13.1 Å². The lowest BCUT2D eigenvalue weighted by Crippen LogP contribution is -2.33. The van der Waals surface area contributed by atoms with Crippen molar-refractivity contribution in [2.24, 2.45) is 0 Å². The van der Waals surface area contributed by atoms with E-state index in [2.05, 4.69) is 4.72 Å². The molecule has 0 amide bonds. The number of halogens is 1. The molecular weight excluding hydrogens is 247 g/mol. The van der Waals surface area contributed by atoms with Crippen molar-refractivity contribution >= 4 is 15.9 Å². The lowest BCUT2D eigenvalue weighted by Gasteiger charge is -2.17. The maximum absolute atomic E-state index is 12.9. The molecule has 0 aromatic heterocycles. The van der Waals surface area contributed by atoms with Crippen LogP contribution in [0.25, 0.3) is 0 Å². The first-order valence-electron chi connectivity index (χ1n) is 5.25. The average Bonchev–Trinajstić information content (AvgIpc) is 2.77. The van der Waals surface area contributed by atoms with E-state index in [0.717, 1.165) is 31.0 Å². The Bertz CT molecular complexity index is 512. The van der Waals surface area contributed by atoms with E-state index in [9.17, 15) is 17.9 Å². The molecule has 1 aliphatic rings. The van der Waals surface area contributed by atoms with Gasteiger partial charge in [0, 0.05) is 19.2 Å². The zero-order valence-corrected chi connectivity index (χ0v) is 9.87. The minimum absolute atomic E-state index is 0.142. The topological polar surface area (TPSA) is 69.6 Å². The third kappa shape index (κ3) is 2.67. The van der Waals surface area contributed by atoms with Crippen molar-refractivity contribution in [3.8, 4) is 5.75 Å². The van der Waals surface area contributed by atoms with E-state index in [1.54, 1.807) is 0 Å². The average molecular weight is 260 g/mol. The molecule has 0 spiro atoms. The largest absolute Gasteiger partial charge is 0.506 e. The van der Waals surface area contributed by atoms with E-state index in [4.69, 9.17) is 0 Å². The molecule has 0 unspecified atom stereocenters. The Balaban J connectivity index is 2.22. The second-order valence-electron chi connectivity index (χ2n) is 3.87. The second-order valence-corrected chi connectivity index (χ2v) is 5.55. The van der Waals surface area contributed by atoms with Gasteiger partial charge in [0.1, 0.15) is 11.6 Å². The van der Waals surface area contributed by atoms with Gasteiger partial charge in [-0.1, -0.05) is 0 Å². The molecule has 94 valence electrons. The third-order valence-corrected chi connectivity index (χ3v) is 4.13. The van der Waals surface area contributed by atoms with Gasteiger partial charge in [-0.15, -0.1) is 0 Å². The minimum atomic E-state index is -3.70. The fraction of sp³-hybridized carbons (Fsp3) is 0.400. The van der Waals surface area contributed by atoms with E-state index < -0.39 is 16.0 Å². The van der Waals surface area contributed by atoms with Crippen molar-refractivity contribution in [3.05, 3.63) is 24.0 Å². The maximum atomic E-state index is 12.9. The van der Waals surface area contributed by atoms with Gasteiger partial charge < -0.3 is 5.11 Å². The molecule has 1 aliphatic heterocycles. The molecule has 1 fully saturated rings. The van der Waals surface area contributed by atoms with Crippen LogP contribution in [0.5, 0.6) is 5.75 Å². The van der Waals surface area contributed by atoms with Crippen molar-refractivity contribution < 1.29 is 17.9 Å². The number of benzene rings is 1. The molecule has 1 aromatic carbocycles. The van der Waals surface area contributed by atoms with Crippen LogP contribution >= 0.6 is 0 Å². The molecule has 0 bridgehead atoms. The number of rotatable bonds is 3. The summed E-state index contributed by atoms with van der Waals surface area (Å²) < 4.78 is 40.1. The molecule has 0 aliphatic carbocycles. The highest BCUT2D eigenvalue weighted by Crippen LogP contribution is 2.26. The van der Waals surface area contributed by atoms with Crippen LogP contribution in [0.4, 0.5) is 10.1 Å². The highest BCUT2D eigenvalue weighted by atomic mass is 32.2. The summed E-state index contributed by atoms with van der Waals surface area (Å²) in [5, 5.41) is 9.43. The lowest BCUT2D eigenvalue weighted by molar-refractivity contribution is 0.471. The van der Waals surface area contributed by atoms with Gasteiger partial charge in [0.15, 0.2) is 0 Å². The van der Waals surface area contributed by atoms with Crippen molar-refractivity contribution in [2.45, 2.75) is 12.8 Å². The van der Waals surface area contributed by atoms with Crippen LogP contribution in [0.1, 0.15) is 12.8 Å². The monoisotopic (exact) mass is 260 g/mol. The summed E-state index contributed by atoms with van der Waals surface area (Å²) in [6.45, 7) is 0.900. The summed E-state index contributed by atoms with van der Waals surface area (Å²) in [4.78, 5) is 0. The van der Waals surface area contributed by atoms with E-state index >= 15 is 0 Å². The molecule has 1 saturated heterocycles. The molecule has 2 N–H and O–H groups in total. The summed E-state index contributed by atoms with van der Waals surface area (Å²) in [5.74, 6) is -0.906. The predicted octanol–water partition coefficient (Wildman–Crippen LogP) is 1.28. The lowest BCUT2D eigenvalue weighted by atomic mass is 10.3. The number of anilines is 1. The summed E-state index contributed by atoms with van der Waals surface area (Å²) in [6.07, 6.45) is 1.63. The van der Waals surface area contributed by atoms with Crippen molar-refractivity contribution in [3.63, 3.8) is 0 Å². The van der Waals surface area contributed by atoms with Crippen molar-refractivity contribution in [2.75, 3.05) is 17.8 Å². The quantitative estimate of drug-likeness (QED) is 0.804. The van der Waals surface area contributed by atoms with Crippen molar-refractivity contribution in [1.82, 2.24) is 4.31 Å². The van der Waals surface area contributed by atoms with Crippen molar-refractivity contribution in [1.29, 1.82) is 0 Å². The molecule has 5 nitrogen and oxygen atoms in total. The van der Waals surface area contributed by atoms with Gasteiger partial charge >= 0.3 is 10.2 Å². The summed E-state index contributed by atoms with van der Waals surface area (Å²) in [7, 11) is -3.70. The second kappa shape index (κ2) is 4.50. The number of hydrogen-bond donors (Lipinski definition) is 2. The SMILES string of the molecule is O=S(=O)(Nc1cc(F)ccc1O)N1CCCC1. The molecule has 0 atom stereocenters. The molecule has 1 heterocycles. The Morgan fingerprint density at radius 1 is 1.29 bits per heavy atom. The molecular formula is C10H13FN2O3S. The van der Waals surface area contributed by atoms with Gasteiger partial charge in [-0.3, -0.25) is 4.72 Å². The Morgan fingerprint density at radius 3 is 2.59 bits per heavy atom. The van der Waals surface area contributed by atoms with Crippen LogP contribution in [0.2, 0.25) is 0 Å². The first-order chi connectivity index (χ1) is 7.99. The smallest absolute Gasteiger partial charge is 0.301 e. The number of nitrogens with zero attached hydrogens (tertiary/aromatic N) is 1. The predicted molar refractivity (Wildman–Crippen MR) is 61.4 cm³/mol. The molecule has 17 heavy (non-hydrogen) atoms. The van der Waals surface area contributed by atoms with Crippen LogP contribution in [0.15, 0.2) is 18.2 Å². The normalized spacial score (nSPS) is 17.2. The molecule has 1 aromatic rings. The van der Waals surface area contributed by atoms with Crippen LogP contribution in [0, 0.1) is 5.82 Å². The Kier molecular flexibility index (Phi) is 3.21. The summed E-state index contributed by atoms with van der Waals surface area (Å²) >= 11 is 0. The first-order valence-corrected chi connectivity index (χ1v) is 6.69. The van der Waals surface area contributed by atoms with Gasteiger partial charge in [0.05, 0.1) is 5.69 Å². The zero-order valence-electron chi connectivity index (χ0n) is 9.06. The zero-order chi connectivity index (χ0) is 12.5. The van der Waals surface area contributed by atoms with Crippen LogP contribution in [-0.2, 0) is 10.2 Å². The summed E-state index contributed by atoms with van der Waals surface area (Å²) in [6, 6.07) is 3.11. The van der Waals surface area contributed by atoms with Gasteiger partial charge in [0.25, 0.3) is 0 Å². The highest BCUT2D eigenvalue weighted by molar-refractivity contribution is 7.90. The van der Waals surface area contributed by atoms with Gasteiger partial charge in [-0.05, 0) is 25.0 Å². The van der Waals surface area contributed by atoms with Crippen LogP contribution in [0.3, 0.4) is 0 Å². The van der Waals surface area contributed by atoms with E-state index in [-0.39, 0.29) is 11.4 Å². The van der Waals surface area contributed by atoms with Crippen LogP contribution < -0.4 is 4.72 Å². The fourth-order valence-corrected chi connectivity index (χ4v) is 3.03. The Hall–Kier alpha value is -1.34. The highest BCUT2D eigenvalue weighted by Gasteiger charge is 2.25. The first kappa shape index (κ1) is 12.1. The Morgan fingerprint density at radius 2 is 1.94 bits per heavy atom. The van der Waals surface area contributed by atoms with E-state index in [1.807, 2.05) is 0 Å². The van der Waals surface area contributed by atoms with Crippen LogP contribution in [-0.4, -0.2) is 30.9 Å². The molecule has 0 saturated carbocycles. The minimum Gasteiger partial charge on any atom is -0.506 e. The molecule has 0 radical (unpaired) electrons. The summed E-state index contributed by atoms with van der Waals surface area (Å²) in [5.41, 5.74) is -0.142.